The molecular weight excluding hydrogens is 302 g/mol. The van der Waals surface area contributed by atoms with Crippen molar-refractivity contribution in [3.8, 4) is 11.3 Å². The zero-order valence-electron chi connectivity index (χ0n) is 15.4. The number of nitrogens with one attached hydrogen (secondary N) is 1. The van der Waals surface area contributed by atoms with Gasteiger partial charge in [0.1, 0.15) is 0 Å². The minimum atomic E-state index is 0.167. The summed E-state index contributed by atoms with van der Waals surface area (Å²) in [6, 6.07) is 22.2. The average Bonchev–Trinajstić information content (AvgIpc) is 2.59. The third kappa shape index (κ3) is 2.80. The maximum Gasteiger partial charge on any atom is 0.218 e. The van der Waals surface area contributed by atoms with Crippen LogP contribution in [0.25, 0.3) is 32.8 Å². The fourth-order valence-electron chi connectivity index (χ4n) is 3.54. The summed E-state index contributed by atoms with van der Waals surface area (Å²) in [5, 5.41) is 5.19. The minimum absolute atomic E-state index is 0.167. The van der Waals surface area contributed by atoms with Gasteiger partial charge in [0.15, 0.2) is 6.20 Å². The zero-order valence-corrected chi connectivity index (χ0v) is 15.4. The Balaban J connectivity index is 1.99. The number of H-pyrrole nitrogens is 1. The lowest BCUT2D eigenvalue weighted by atomic mass is 9.85. The molecule has 124 valence electrons. The monoisotopic (exact) mass is 326 g/mol. The molecule has 0 atom stereocenters. The van der Waals surface area contributed by atoms with Gasteiger partial charge in [0.05, 0.1) is 5.39 Å². The summed E-state index contributed by atoms with van der Waals surface area (Å²) in [6.07, 6.45) is 2.05. The van der Waals surface area contributed by atoms with Crippen LogP contribution in [-0.2, 0) is 5.41 Å². The Morgan fingerprint density at radius 2 is 1.56 bits per heavy atom. The van der Waals surface area contributed by atoms with Crippen molar-refractivity contribution in [2.45, 2.75) is 33.1 Å². The van der Waals surface area contributed by atoms with E-state index in [-0.39, 0.29) is 5.41 Å². The van der Waals surface area contributed by atoms with Gasteiger partial charge in [-0.1, -0.05) is 62.7 Å². The minimum Gasteiger partial charge on any atom is -0.211 e. The lowest BCUT2D eigenvalue weighted by Gasteiger charge is -2.19. The van der Waals surface area contributed by atoms with Gasteiger partial charge in [-0.2, -0.15) is 0 Å². The molecule has 1 aromatic heterocycles. The average molecular weight is 326 g/mol. The number of aromatic amines is 1. The second-order valence-electron chi connectivity index (χ2n) is 7.93. The van der Waals surface area contributed by atoms with Crippen LogP contribution < -0.4 is 4.98 Å². The van der Waals surface area contributed by atoms with Crippen molar-refractivity contribution in [1.29, 1.82) is 0 Å². The van der Waals surface area contributed by atoms with Crippen molar-refractivity contribution in [1.82, 2.24) is 0 Å². The topological polar surface area (TPSA) is 14.1 Å². The number of hydrogen-bond acceptors (Lipinski definition) is 0. The van der Waals surface area contributed by atoms with Crippen LogP contribution in [0.5, 0.6) is 0 Å². The number of aryl methyl sites for hydroxylation is 1. The Bertz CT molecular complexity index is 1080. The van der Waals surface area contributed by atoms with E-state index in [1.807, 2.05) is 0 Å². The van der Waals surface area contributed by atoms with Crippen LogP contribution in [0.4, 0.5) is 0 Å². The van der Waals surface area contributed by atoms with Gasteiger partial charge in [-0.15, -0.1) is 0 Å². The first-order valence-electron chi connectivity index (χ1n) is 8.88. The molecule has 0 saturated heterocycles. The zero-order chi connectivity index (χ0) is 17.6. The molecule has 0 radical (unpaired) electrons. The normalized spacial score (nSPS) is 12.0. The molecule has 0 saturated carbocycles. The van der Waals surface area contributed by atoms with Crippen molar-refractivity contribution < 1.29 is 4.98 Å². The van der Waals surface area contributed by atoms with Crippen molar-refractivity contribution in [2.24, 2.45) is 0 Å². The summed E-state index contributed by atoms with van der Waals surface area (Å²) in [7, 11) is 0. The van der Waals surface area contributed by atoms with E-state index >= 15 is 0 Å². The Labute approximate surface area is 149 Å². The van der Waals surface area contributed by atoms with Gasteiger partial charge in [-0.25, -0.2) is 4.98 Å². The molecule has 1 N–H and O–H groups in total. The van der Waals surface area contributed by atoms with E-state index < -0.39 is 0 Å². The van der Waals surface area contributed by atoms with Crippen molar-refractivity contribution in [2.75, 3.05) is 0 Å². The highest BCUT2D eigenvalue weighted by molar-refractivity contribution is 6.10. The summed E-state index contributed by atoms with van der Waals surface area (Å²) in [5.41, 5.74) is 5.24. The molecule has 0 aliphatic heterocycles. The van der Waals surface area contributed by atoms with Crippen LogP contribution in [0, 0.1) is 6.92 Å². The van der Waals surface area contributed by atoms with Gasteiger partial charge >= 0.3 is 0 Å². The molecule has 0 amide bonds. The van der Waals surface area contributed by atoms with Gasteiger partial charge in [-0.3, -0.25) is 0 Å². The molecule has 0 fully saturated rings. The molecule has 0 aliphatic carbocycles. The second kappa shape index (κ2) is 5.70. The quantitative estimate of drug-likeness (QED) is 0.376. The summed E-state index contributed by atoms with van der Waals surface area (Å²) in [5.74, 6) is 0. The van der Waals surface area contributed by atoms with E-state index in [9.17, 15) is 0 Å². The smallest absolute Gasteiger partial charge is 0.211 e. The van der Waals surface area contributed by atoms with Crippen molar-refractivity contribution >= 4 is 21.5 Å². The van der Waals surface area contributed by atoms with Crippen LogP contribution in [0.2, 0.25) is 0 Å². The first kappa shape index (κ1) is 15.8. The van der Waals surface area contributed by atoms with Gasteiger partial charge < -0.3 is 0 Å². The first-order chi connectivity index (χ1) is 11.9. The molecule has 0 unspecified atom stereocenters. The fraction of sp³-hybridized carbons (Fsp3) is 0.208. The Morgan fingerprint density at radius 3 is 2.32 bits per heavy atom. The van der Waals surface area contributed by atoms with E-state index in [0.717, 1.165) is 0 Å². The number of hydrogen-bond donors (Lipinski definition) is 0. The highest BCUT2D eigenvalue weighted by atomic mass is 14.7. The highest BCUT2D eigenvalue weighted by Gasteiger charge is 2.16. The number of pyridine rings is 1. The summed E-state index contributed by atoms with van der Waals surface area (Å²) < 4.78 is 0. The summed E-state index contributed by atoms with van der Waals surface area (Å²) >= 11 is 0. The molecule has 0 bridgehead atoms. The molecule has 1 nitrogen and oxygen atoms in total. The fourth-order valence-corrected chi connectivity index (χ4v) is 3.54. The molecule has 0 aliphatic rings. The third-order valence-electron chi connectivity index (χ3n) is 4.98. The second-order valence-corrected chi connectivity index (χ2v) is 7.93. The molecule has 4 rings (SSSR count). The molecule has 0 spiro atoms. The van der Waals surface area contributed by atoms with E-state index in [4.69, 9.17) is 0 Å². The number of benzene rings is 3. The Morgan fingerprint density at radius 1 is 0.760 bits per heavy atom. The van der Waals surface area contributed by atoms with Crippen molar-refractivity contribution in [3.63, 3.8) is 0 Å². The largest absolute Gasteiger partial charge is 0.218 e. The van der Waals surface area contributed by atoms with Gasteiger partial charge in [-0.05, 0) is 46.9 Å². The molecule has 1 heteroatoms. The van der Waals surface area contributed by atoms with E-state index in [2.05, 4.69) is 99.5 Å². The highest BCUT2D eigenvalue weighted by Crippen LogP contribution is 2.33. The number of aromatic nitrogens is 1. The predicted molar refractivity (Wildman–Crippen MR) is 107 cm³/mol. The summed E-state index contributed by atoms with van der Waals surface area (Å²) in [6.45, 7) is 8.93. The predicted octanol–water partition coefficient (Wildman–Crippen LogP) is 6.08. The van der Waals surface area contributed by atoms with Crippen molar-refractivity contribution in [3.05, 3.63) is 78.0 Å². The standard InChI is InChI=1S/C24H23N/c1-16-6-5-7-18(14-16)23-22-10-8-17-15-19(24(2,3)4)9-11-20(17)21(22)12-13-25-23/h5-15H,1-4H3/p+1. The summed E-state index contributed by atoms with van der Waals surface area (Å²) in [4.78, 5) is 3.46. The maximum atomic E-state index is 3.46. The van der Waals surface area contributed by atoms with Crippen LogP contribution in [-0.4, -0.2) is 0 Å². The van der Waals surface area contributed by atoms with E-state index in [0.29, 0.717) is 0 Å². The van der Waals surface area contributed by atoms with E-state index in [1.54, 1.807) is 0 Å². The lowest BCUT2D eigenvalue weighted by Crippen LogP contribution is -2.10. The molecule has 25 heavy (non-hydrogen) atoms. The first-order valence-corrected chi connectivity index (χ1v) is 8.88. The maximum absolute atomic E-state index is 3.46. The molecule has 3 aromatic carbocycles. The number of rotatable bonds is 1. The SMILES string of the molecule is Cc1cccc(-c2[nH+]ccc3c2ccc2cc(C(C)(C)C)ccc23)c1. The molecular formula is C24H24N+. The lowest BCUT2D eigenvalue weighted by molar-refractivity contribution is -0.362. The molecule has 4 aromatic rings. The van der Waals surface area contributed by atoms with Crippen LogP contribution in [0.1, 0.15) is 31.9 Å². The Hall–Kier alpha value is -2.67. The van der Waals surface area contributed by atoms with Crippen LogP contribution in [0.15, 0.2) is 66.9 Å². The Kier molecular flexibility index (Phi) is 3.61. The van der Waals surface area contributed by atoms with Gasteiger partial charge in [0, 0.05) is 17.0 Å². The number of fused-ring (bicyclic) bond motifs is 3. The van der Waals surface area contributed by atoms with Gasteiger partial charge in [0.2, 0.25) is 5.69 Å². The molecule has 1 heterocycles. The van der Waals surface area contributed by atoms with E-state index in [1.165, 1.54) is 43.9 Å². The van der Waals surface area contributed by atoms with Crippen LogP contribution >= 0.6 is 0 Å². The third-order valence-corrected chi connectivity index (χ3v) is 4.98. The van der Waals surface area contributed by atoms with Crippen LogP contribution in [0.3, 0.4) is 0 Å². The van der Waals surface area contributed by atoms with Gasteiger partial charge in [0.25, 0.3) is 0 Å².